The summed E-state index contributed by atoms with van der Waals surface area (Å²) in [5.41, 5.74) is 1.77. The number of benzene rings is 1. The summed E-state index contributed by atoms with van der Waals surface area (Å²) in [6.45, 7) is 4.74. The molecule has 1 saturated heterocycles. The first-order chi connectivity index (χ1) is 10.3. The predicted octanol–water partition coefficient (Wildman–Crippen LogP) is 3.36. The van der Waals surface area contributed by atoms with Gasteiger partial charge in [-0.25, -0.2) is 0 Å². The number of Topliss-reactive ketones (excluding diaryl/α,β-unsaturated/α-hetero) is 1. The van der Waals surface area contributed by atoms with Gasteiger partial charge in [-0.15, -0.1) is 0 Å². The molecule has 0 amide bonds. The molecule has 114 valence electrons. The van der Waals surface area contributed by atoms with E-state index in [1.165, 1.54) is 5.56 Å². The van der Waals surface area contributed by atoms with Crippen LogP contribution >= 0.6 is 0 Å². The van der Waals surface area contributed by atoms with Crippen molar-refractivity contribution in [2.24, 2.45) is 5.41 Å². The van der Waals surface area contributed by atoms with Gasteiger partial charge in [0, 0.05) is 12.0 Å². The molecule has 2 heterocycles. The maximum absolute atomic E-state index is 13.3. The Labute approximate surface area is 127 Å². The van der Waals surface area contributed by atoms with Crippen LogP contribution < -0.4 is 10.1 Å². The van der Waals surface area contributed by atoms with Gasteiger partial charge in [-0.2, -0.15) is 0 Å². The van der Waals surface area contributed by atoms with E-state index >= 15 is 0 Å². The van der Waals surface area contributed by atoms with Crippen molar-refractivity contribution in [1.29, 1.82) is 0 Å². The van der Waals surface area contributed by atoms with Crippen LogP contribution in [0.2, 0.25) is 0 Å². The molecule has 3 rings (SSSR count). The highest BCUT2D eigenvalue weighted by Crippen LogP contribution is 2.39. The van der Waals surface area contributed by atoms with Crippen LogP contribution in [0.25, 0.3) is 0 Å². The lowest BCUT2D eigenvalue weighted by Gasteiger charge is -2.37. The first kappa shape index (κ1) is 14.6. The molecule has 1 aromatic carbocycles. The summed E-state index contributed by atoms with van der Waals surface area (Å²) in [5, 5.41) is 3.43. The second-order valence-corrected chi connectivity index (χ2v) is 6.39. The van der Waals surface area contributed by atoms with Gasteiger partial charge in [-0.1, -0.05) is 25.5 Å². The van der Waals surface area contributed by atoms with Gasteiger partial charge in [0.15, 0.2) is 5.78 Å². The Morgan fingerprint density at radius 2 is 2.29 bits per heavy atom. The van der Waals surface area contributed by atoms with Gasteiger partial charge in [-0.3, -0.25) is 4.79 Å². The van der Waals surface area contributed by atoms with Crippen LogP contribution in [-0.2, 0) is 6.42 Å². The summed E-state index contributed by atoms with van der Waals surface area (Å²) in [7, 11) is 0. The zero-order valence-corrected chi connectivity index (χ0v) is 12.9. The van der Waals surface area contributed by atoms with Gasteiger partial charge >= 0.3 is 0 Å². The highest BCUT2D eigenvalue weighted by molar-refractivity contribution is 6.03. The van der Waals surface area contributed by atoms with E-state index in [4.69, 9.17) is 4.74 Å². The molecule has 1 atom stereocenters. The molecule has 2 aliphatic rings. The molecule has 21 heavy (non-hydrogen) atoms. The molecule has 1 unspecified atom stereocenters. The van der Waals surface area contributed by atoms with Crippen molar-refractivity contribution in [2.45, 2.75) is 45.4 Å². The maximum Gasteiger partial charge on any atom is 0.174 e. The number of nitrogens with one attached hydrogen (secondary N) is 1. The molecule has 0 radical (unpaired) electrons. The van der Waals surface area contributed by atoms with E-state index in [-0.39, 0.29) is 11.2 Å². The molecule has 0 spiro atoms. The minimum absolute atomic E-state index is 0.233. The molecule has 3 heteroatoms. The number of carbonyl (C=O) groups is 1. The zero-order valence-electron chi connectivity index (χ0n) is 12.9. The average molecular weight is 287 g/mol. The molecular formula is C18H25NO2. The number of hydrogen-bond donors (Lipinski definition) is 1. The quantitative estimate of drug-likeness (QED) is 0.863. The molecule has 1 fully saturated rings. The fraction of sp³-hybridized carbons (Fsp3) is 0.611. The smallest absolute Gasteiger partial charge is 0.174 e. The first-order valence-electron chi connectivity index (χ1n) is 8.27. The van der Waals surface area contributed by atoms with E-state index in [1.807, 2.05) is 12.1 Å². The van der Waals surface area contributed by atoms with Gasteiger partial charge in [0.05, 0.1) is 12.2 Å². The van der Waals surface area contributed by atoms with E-state index in [0.717, 1.165) is 69.5 Å². The SMILES string of the molecule is CCCC1(C(=O)c2cccc3c2OCCC3)CCCNC1. The van der Waals surface area contributed by atoms with E-state index < -0.39 is 0 Å². The van der Waals surface area contributed by atoms with Crippen molar-refractivity contribution >= 4 is 5.78 Å². The third kappa shape index (κ3) is 2.71. The van der Waals surface area contributed by atoms with Crippen LogP contribution in [0.15, 0.2) is 18.2 Å². The summed E-state index contributed by atoms with van der Waals surface area (Å²) in [6.07, 6.45) is 6.16. The summed E-state index contributed by atoms with van der Waals surface area (Å²) in [4.78, 5) is 13.3. The fourth-order valence-corrected chi connectivity index (χ4v) is 3.82. The van der Waals surface area contributed by atoms with Crippen LogP contribution in [0.4, 0.5) is 0 Å². The van der Waals surface area contributed by atoms with Crippen molar-refractivity contribution in [1.82, 2.24) is 5.32 Å². The Morgan fingerprint density at radius 3 is 3.05 bits per heavy atom. The van der Waals surface area contributed by atoms with Gasteiger partial charge in [0.2, 0.25) is 0 Å². The Hall–Kier alpha value is -1.35. The van der Waals surface area contributed by atoms with Crippen molar-refractivity contribution in [3.05, 3.63) is 29.3 Å². The van der Waals surface area contributed by atoms with E-state index in [0.29, 0.717) is 0 Å². The summed E-state index contributed by atoms with van der Waals surface area (Å²) >= 11 is 0. The van der Waals surface area contributed by atoms with Crippen molar-refractivity contribution in [3.8, 4) is 5.75 Å². The molecule has 0 aliphatic carbocycles. The number of aryl methyl sites for hydroxylation is 1. The lowest BCUT2D eigenvalue weighted by atomic mass is 9.71. The van der Waals surface area contributed by atoms with Crippen LogP contribution in [-0.4, -0.2) is 25.5 Å². The van der Waals surface area contributed by atoms with Crippen molar-refractivity contribution in [3.63, 3.8) is 0 Å². The lowest BCUT2D eigenvalue weighted by molar-refractivity contribution is 0.0712. The topological polar surface area (TPSA) is 38.3 Å². The van der Waals surface area contributed by atoms with E-state index in [2.05, 4.69) is 18.3 Å². The molecule has 2 aliphatic heterocycles. The minimum Gasteiger partial charge on any atom is -0.493 e. The second kappa shape index (κ2) is 6.18. The van der Waals surface area contributed by atoms with E-state index in [1.54, 1.807) is 0 Å². The maximum atomic E-state index is 13.3. The van der Waals surface area contributed by atoms with Gasteiger partial charge < -0.3 is 10.1 Å². The van der Waals surface area contributed by atoms with Crippen LogP contribution in [0.3, 0.4) is 0 Å². The summed E-state index contributed by atoms with van der Waals surface area (Å²) < 4.78 is 5.85. The highest BCUT2D eigenvalue weighted by Gasteiger charge is 2.40. The van der Waals surface area contributed by atoms with Gasteiger partial charge in [-0.05, 0) is 50.3 Å². The monoisotopic (exact) mass is 287 g/mol. The van der Waals surface area contributed by atoms with Crippen LogP contribution in [0.1, 0.15) is 54.9 Å². The van der Waals surface area contributed by atoms with E-state index in [9.17, 15) is 4.79 Å². The Bertz CT molecular complexity index is 512. The Kier molecular flexibility index (Phi) is 4.29. The largest absolute Gasteiger partial charge is 0.493 e. The fourth-order valence-electron chi connectivity index (χ4n) is 3.82. The number of ketones is 1. The molecule has 0 bridgehead atoms. The molecular weight excluding hydrogens is 262 g/mol. The second-order valence-electron chi connectivity index (χ2n) is 6.39. The summed E-state index contributed by atoms with van der Waals surface area (Å²) in [5.74, 6) is 1.14. The van der Waals surface area contributed by atoms with Crippen molar-refractivity contribution in [2.75, 3.05) is 19.7 Å². The number of piperidine rings is 1. The third-order valence-electron chi connectivity index (χ3n) is 4.86. The number of hydrogen-bond acceptors (Lipinski definition) is 3. The standard InChI is InChI=1S/C18H25NO2/c1-2-9-18(10-5-11-19-13-18)17(20)15-8-3-6-14-7-4-12-21-16(14)15/h3,6,8,19H,2,4-5,7,9-13H2,1H3. The minimum atomic E-state index is -0.233. The highest BCUT2D eigenvalue weighted by atomic mass is 16.5. The predicted molar refractivity (Wildman–Crippen MR) is 84.0 cm³/mol. The zero-order chi connectivity index (χ0) is 14.7. The molecule has 0 saturated carbocycles. The average Bonchev–Trinajstić information content (AvgIpc) is 2.55. The number of fused-ring (bicyclic) bond motifs is 1. The van der Waals surface area contributed by atoms with Crippen LogP contribution in [0, 0.1) is 5.41 Å². The third-order valence-corrected chi connectivity index (χ3v) is 4.86. The Morgan fingerprint density at radius 1 is 1.38 bits per heavy atom. The molecule has 0 aromatic heterocycles. The number of ether oxygens (including phenoxy) is 1. The normalized spacial score (nSPS) is 25.0. The number of para-hydroxylation sites is 1. The Balaban J connectivity index is 1.96. The van der Waals surface area contributed by atoms with Crippen LogP contribution in [0.5, 0.6) is 5.75 Å². The molecule has 1 N–H and O–H groups in total. The number of rotatable bonds is 4. The van der Waals surface area contributed by atoms with Crippen molar-refractivity contribution < 1.29 is 9.53 Å². The molecule has 3 nitrogen and oxygen atoms in total. The van der Waals surface area contributed by atoms with Gasteiger partial charge in [0.25, 0.3) is 0 Å². The molecule has 1 aromatic rings. The van der Waals surface area contributed by atoms with Gasteiger partial charge in [0.1, 0.15) is 5.75 Å². The first-order valence-corrected chi connectivity index (χ1v) is 8.27. The summed E-state index contributed by atoms with van der Waals surface area (Å²) in [6, 6.07) is 6.06. The lowest BCUT2D eigenvalue weighted by Crippen LogP contribution is -2.45. The number of carbonyl (C=O) groups excluding carboxylic acids is 1.